The van der Waals surface area contributed by atoms with Crippen molar-refractivity contribution in [1.29, 1.82) is 0 Å². The Morgan fingerprint density at radius 2 is 1.61 bits per heavy atom. The van der Waals surface area contributed by atoms with E-state index < -0.39 is 54.6 Å². The van der Waals surface area contributed by atoms with Crippen LogP contribution in [0.4, 0.5) is 0 Å². The van der Waals surface area contributed by atoms with E-state index in [1.807, 2.05) is 0 Å². The van der Waals surface area contributed by atoms with Gasteiger partial charge in [0.2, 0.25) is 11.8 Å². The molecule has 218 valence electrons. The van der Waals surface area contributed by atoms with E-state index in [-0.39, 0.29) is 29.3 Å². The Bertz CT molecular complexity index is 1490. The second-order valence-electron chi connectivity index (χ2n) is 9.24. The zero-order valence-electron chi connectivity index (χ0n) is 21.8. The molecule has 0 saturated heterocycles. The van der Waals surface area contributed by atoms with Gasteiger partial charge in [-0.05, 0) is 55.9 Å². The third-order valence-corrected chi connectivity index (χ3v) is 6.52. The highest BCUT2D eigenvalue weighted by Crippen LogP contribution is 2.27. The van der Waals surface area contributed by atoms with Crippen molar-refractivity contribution < 1.29 is 44.4 Å². The topological polar surface area (TPSA) is 232 Å². The van der Waals surface area contributed by atoms with Gasteiger partial charge in [-0.2, -0.15) is 4.98 Å². The number of amides is 2. The van der Waals surface area contributed by atoms with Crippen LogP contribution in [0.2, 0.25) is 5.02 Å². The van der Waals surface area contributed by atoms with Crippen LogP contribution in [-0.4, -0.2) is 77.2 Å². The minimum atomic E-state index is -1.48. The number of aromatic hydroxyl groups is 1. The third-order valence-electron chi connectivity index (χ3n) is 6.21. The van der Waals surface area contributed by atoms with Gasteiger partial charge in [-0.3, -0.25) is 14.4 Å². The zero-order chi connectivity index (χ0) is 30.3. The molecule has 3 rings (SSSR count). The first-order valence-electron chi connectivity index (χ1n) is 12.4. The first kappa shape index (κ1) is 30.8. The number of carboxylic acids is 3. The molecule has 1 aromatic carbocycles. The summed E-state index contributed by atoms with van der Waals surface area (Å²) in [7, 11) is 0. The first-order chi connectivity index (χ1) is 19.3. The Kier molecular flexibility index (Phi) is 10.2. The quantitative estimate of drug-likeness (QED) is 0.143. The fourth-order valence-corrected chi connectivity index (χ4v) is 4.41. The summed E-state index contributed by atoms with van der Waals surface area (Å²) >= 11 is 6.32. The van der Waals surface area contributed by atoms with E-state index in [0.717, 1.165) is 11.1 Å². The Labute approximate surface area is 237 Å². The number of nitrogens with zero attached hydrogens (tertiary/aromatic N) is 2. The van der Waals surface area contributed by atoms with Gasteiger partial charge in [0.25, 0.3) is 5.91 Å². The summed E-state index contributed by atoms with van der Waals surface area (Å²) in [6, 6.07) is 1.73. The van der Waals surface area contributed by atoms with Crippen molar-refractivity contribution in [2.45, 2.75) is 57.5 Å². The maximum atomic E-state index is 12.8. The fourth-order valence-electron chi connectivity index (χ4n) is 4.12. The normalized spacial score (nSPS) is 12.4. The number of aromatic nitrogens is 3. The van der Waals surface area contributed by atoms with Crippen LogP contribution in [-0.2, 0) is 32.0 Å². The molecule has 0 spiro atoms. The Hall–Kier alpha value is -4.72. The Morgan fingerprint density at radius 1 is 0.951 bits per heavy atom. The summed E-state index contributed by atoms with van der Waals surface area (Å²) in [6.45, 7) is 1.67. The molecule has 3 aromatic rings. The van der Waals surface area contributed by atoms with Crippen LogP contribution in [0.3, 0.4) is 0 Å². The molecule has 0 fully saturated rings. The first-order valence-corrected chi connectivity index (χ1v) is 12.8. The summed E-state index contributed by atoms with van der Waals surface area (Å²) in [5.74, 6) is -5.36. The number of nitrogens with one attached hydrogen (secondary N) is 3. The molecule has 0 unspecified atom stereocenters. The van der Waals surface area contributed by atoms with Crippen LogP contribution >= 0.6 is 11.6 Å². The van der Waals surface area contributed by atoms with Crippen molar-refractivity contribution in [3.8, 4) is 5.88 Å². The lowest BCUT2D eigenvalue weighted by Gasteiger charge is -2.17. The number of H-pyrrole nitrogens is 1. The van der Waals surface area contributed by atoms with Gasteiger partial charge in [-0.15, -0.1) is 0 Å². The van der Waals surface area contributed by atoms with Gasteiger partial charge in [-0.25, -0.2) is 14.6 Å². The molecule has 2 atom stereocenters. The highest BCUT2D eigenvalue weighted by atomic mass is 35.5. The summed E-state index contributed by atoms with van der Waals surface area (Å²) in [6.07, 6.45) is 1.12. The van der Waals surface area contributed by atoms with Gasteiger partial charge in [0.15, 0.2) is 0 Å². The molecule has 0 aliphatic rings. The molecule has 0 saturated carbocycles. The average molecular weight is 590 g/mol. The van der Waals surface area contributed by atoms with Crippen LogP contribution < -0.4 is 10.6 Å². The van der Waals surface area contributed by atoms with Crippen LogP contribution in [0.5, 0.6) is 5.88 Å². The lowest BCUT2D eigenvalue weighted by atomic mass is 10.0. The number of carbonyl (C=O) groups excluding carboxylic acids is 2. The van der Waals surface area contributed by atoms with E-state index in [4.69, 9.17) is 21.8 Å². The summed E-state index contributed by atoms with van der Waals surface area (Å²) in [4.78, 5) is 69.8. The SMILES string of the molecule is Cc1nc(O)c2c(CCc3ccc(C(=O)N[C@@H](CCC(=O)N[C@@H](CCC(=O)O)C(=O)O)C(=O)O)c(Cl)c3)c[nH]c2n1. The molecule has 0 aliphatic carbocycles. The molecule has 2 amide bonds. The largest absolute Gasteiger partial charge is 0.493 e. The highest BCUT2D eigenvalue weighted by molar-refractivity contribution is 6.34. The summed E-state index contributed by atoms with van der Waals surface area (Å²) < 4.78 is 0. The van der Waals surface area contributed by atoms with Crippen LogP contribution in [0.1, 0.15) is 53.0 Å². The number of benzene rings is 1. The molecule has 0 aliphatic heterocycles. The average Bonchev–Trinajstić information content (AvgIpc) is 3.30. The minimum absolute atomic E-state index is 0.0133. The van der Waals surface area contributed by atoms with Crippen LogP contribution in [0.25, 0.3) is 11.0 Å². The number of aliphatic carboxylic acids is 3. The monoisotopic (exact) mass is 589 g/mol. The minimum Gasteiger partial charge on any atom is -0.493 e. The van der Waals surface area contributed by atoms with Crippen LogP contribution in [0, 0.1) is 6.92 Å². The second kappa shape index (κ2) is 13.6. The van der Waals surface area contributed by atoms with Crippen molar-refractivity contribution in [2.75, 3.05) is 0 Å². The van der Waals surface area contributed by atoms with E-state index in [1.54, 1.807) is 25.3 Å². The zero-order valence-corrected chi connectivity index (χ0v) is 22.6. The maximum absolute atomic E-state index is 12.8. The second-order valence-corrected chi connectivity index (χ2v) is 9.65. The highest BCUT2D eigenvalue weighted by Gasteiger charge is 2.25. The number of carboxylic acid groups (broad SMARTS) is 3. The van der Waals surface area contributed by atoms with E-state index in [9.17, 15) is 34.2 Å². The lowest BCUT2D eigenvalue weighted by molar-refractivity contribution is -0.143. The van der Waals surface area contributed by atoms with Crippen LogP contribution in [0.15, 0.2) is 24.4 Å². The van der Waals surface area contributed by atoms with Gasteiger partial charge in [0.1, 0.15) is 23.6 Å². The van der Waals surface area contributed by atoms with Gasteiger partial charge >= 0.3 is 17.9 Å². The molecular weight excluding hydrogens is 562 g/mol. The molecule has 41 heavy (non-hydrogen) atoms. The molecule has 0 bridgehead atoms. The number of rotatable bonds is 14. The molecule has 14 nitrogen and oxygen atoms in total. The predicted molar refractivity (Wildman–Crippen MR) is 144 cm³/mol. The number of fused-ring (bicyclic) bond motifs is 1. The maximum Gasteiger partial charge on any atom is 0.326 e. The van der Waals surface area contributed by atoms with E-state index in [0.29, 0.717) is 29.7 Å². The van der Waals surface area contributed by atoms with Gasteiger partial charge in [-0.1, -0.05) is 17.7 Å². The van der Waals surface area contributed by atoms with E-state index in [1.165, 1.54) is 6.07 Å². The third kappa shape index (κ3) is 8.38. The van der Waals surface area contributed by atoms with Gasteiger partial charge in [0, 0.05) is 19.0 Å². The summed E-state index contributed by atoms with van der Waals surface area (Å²) in [5.41, 5.74) is 2.09. The van der Waals surface area contributed by atoms with Crippen molar-refractivity contribution >= 4 is 52.4 Å². The number of hydrogen-bond acceptors (Lipinski definition) is 8. The Balaban J connectivity index is 1.59. The number of halogens is 1. The van der Waals surface area contributed by atoms with Crippen molar-refractivity contribution in [2.24, 2.45) is 0 Å². The molecule has 7 N–H and O–H groups in total. The fraction of sp³-hybridized carbons (Fsp3) is 0.346. The number of aryl methyl sites for hydroxylation is 3. The van der Waals surface area contributed by atoms with Crippen molar-refractivity contribution in [3.05, 3.63) is 51.9 Å². The predicted octanol–water partition coefficient (Wildman–Crippen LogP) is 1.81. The van der Waals surface area contributed by atoms with Crippen molar-refractivity contribution in [1.82, 2.24) is 25.6 Å². The summed E-state index contributed by atoms with van der Waals surface area (Å²) in [5, 5.41) is 42.6. The van der Waals surface area contributed by atoms with Gasteiger partial charge in [0.05, 0.1) is 16.0 Å². The Morgan fingerprint density at radius 3 is 2.24 bits per heavy atom. The molecule has 0 radical (unpaired) electrons. The number of aromatic amines is 1. The smallest absolute Gasteiger partial charge is 0.326 e. The molecule has 2 aromatic heterocycles. The lowest BCUT2D eigenvalue weighted by Crippen LogP contribution is -2.44. The molecule has 2 heterocycles. The standard InChI is InChI=1S/C26H28ClN5O9/c1-12-29-22-21(24(37)30-12)14(11-28-22)4-2-13-3-5-15(16(27)10-13)23(36)32-18(26(40)41)6-8-19(33)31-17(25(38)39)7-9-20(34)35/h3,5,10-11,17-18H,2,4,6-9H2,1H3,(H,31,33)(H,32,36)(H,34,35)(H,38,39)(H,40,41)(H2,28,29,30,37)/t17-,18-/m0/s1. The molecular formula is C26H28ClN5O9. The van der Waals surface area contributed by atoms with Crippen molar-refractivity contribution in [3.63, 3.8) is 0 Å². The van der Waals surface area contributed by atoms with E-state index >= 15 is 0 Å². The van der Waals surface area contributed by atoms with Gasteiger partial charge < -0.3 is 36.0 Å². The molecule has 15 heteroatoms. The number of hydrogen-bond donors (Lipinski definition) is 7. The van der Waals surface area contributed by atoms with E-state index in [2.05, 4.69) is 25.6 Å². The number of carbonyl (C=O) groups is 5.